The topological polar surface area (TPSA) is 75.4 Å². The van der Waals surface area contributed by atoms with E-state index in [0.717, 1.165) is 11.1 Å². The van der Waals surface area contributed by atoms with Gasteiger partial charge in [-0.25, -0.2) is 4.68 Å². The van der Waals surface area contributed by atoms with Gasteiger partial charge in [0.25, 0.3) is 11.5 Å². The molecule has 122 valence electrons. The molecule has 3 heterocycles. The number of hydrogen-bond acceptors (Lipinski definition) is 5. The van der Waals surface area contributed by atoms with Crippen LogP contribution in [0.2, 0.25) is 0 Å². The highest BCUT2D eigenvalue weighted by molar-refractivity contribution is 7.10. The van der Waals surface area contributed by atoms with Gasteiger partial charge in [-0.05, 0) is 36.4 Å². The van der Waals surface area contributed by atoms with E-state index in [9.17, 15) is 14.7 Å². The van der Waals surface area contributed by atoms with Crippen LogP contribution in [0.25, 0.3) is 0 Å². The minimum atomic E-state index is -0.586. The van der Waals surface area contributed by atoms with Crippen molar-refractivity contribution in [2.24, 2.45) is 7.05 Å². The first-order valence-corrected chi connectivity index (χ1v) is 8.41. The molecule has 6 nitrogen and oxygen atoms in total. The van der Waals surface area contributed by atoms with E-state index in [1.54, 1.807) is 16.2 Å². The zero-order valence-corrected chi connectivity index (χ0v) is 13.9. The van der Waals surface area contributed by atoms with Gasteiger partial charge < -0.3 is 10.0 Å². The third-order valence-electron chi connectivity index (χ3n) is 4.29. The van der Waals surface area contributed by atoms with E-state index in [-0.39, 0.29) is 29.6 Å². The zero-order valence-electron chi connectivity index (χ0n) is 13.1. The van der Waals surface area contributed by atoms with Crippen LogP contribution in [0.3, 0.4) is 0 Å². The van der Waals surface area contributed by atoms with Gasteiger partial charge in [0.05, 0.1) is 6.10 Å². The Balaban J connectivity index is 1.74. The third-order valence-corrected chi connectivity index (χ3v) is 5.44. The van der Waals surface area contributed by atoms with Gasteiger partial charge in [0.1, 0.15) is 5.69 Å². The molecule has 7 heteroatoms. The first-order chi connectivity index (χ1) is 11.0. The van der Waals surface area contributed by atoms with E-state index in [1.807, 2.05) is 12.3 Å². The van der Waals surface area contributed by atoms with E-state index in [2.05, 4.69) is 11.2 Å². The number of thiophene rings is 1. The van der Waals surface area contributed by atoms with Crippen molar-refractivity contribution in [3.8, 4) is 0 Å². The van der Waals surface area contributed by atoms with Crippen molar-refractivity contribution in [3.63, 3.8) is 0 Å². The maximum absolute atomic E-state index is 12.5. The molecule has 2 atom stereocenters. The fraction of sp³-hybridized carbons (Fsp3) is 0.438. The molecule has 2 aromatic rings. The fourth-order valence-corrected chi connectivity index (χ4v) is 4.09. The van der Waals surface area contributed by atoms with Crippen molar-refractivity contribution in [1.82, 2.24) is 14.7 Å². The molecule has 1 saturated heterocycles. The predicted octanol–water partition coefficient (Wildman–Crippen LogP) is 1.14. The highest BCUT2D eigenvalue weighted by atomic mass is 32.1. The molecule has 0 radical (unpaired) electrons. The summed E-state index contributed by atoms with van der Waals surface area (Å²) in [5.74, 6) is -0.173. The Kier molecular flexibility index (Phi) is 4.32. The molecule has 1 fully saturated rings. The Morgan fingerprint density at radius 1 is 1.39 bits per heavy atom. The number of amides is 1. The summed E-state index contributed by atoms with van der Waals surface area (Å²) in [6.45, 7) is 2.90. The summed E-state index contributed by atoms with van der Waals surface area (Å²) in [5, 5.41) is 16.5. The number of nitrogens with zero attached hydrogens (tertiary/aromatic N) is 3. The van der Waals surface area contributed by atoms with Crippen molar-refractivity contribution in [3.05, 3.63) is 50.1 Å². The molecular weight excluding hydrogens is 314 g/mol. The number of carbonyl (C=O) groups is 1. The number of aliphatic hydroxyl groups is 1. The van der Waals surface area contributed by atoms with E-state index < -0.39 is 6.10 Å². The van der Waals surface area contributed by atoms with Crippen LogP contribution in [0.15, 0.2) is 28.4 Å². The normalized spacial score (nSPS) is 21.4. The lowest BCUT2D eigenvalue weighted by atomic mass is 9.90. The molecule has 0 aromatic carbocycles. The number of aromatic nitrogens is 2. The first-order valence-electron chi connectivity index (χ1n) is 7.53. The number of aryl methyl sites for hydroxylation is 2. The first kappa shape index (κ1) is 15.9. The van der Waals surface area contributed by atoms with Crippen molar-refractivity contribution < 1.29 is 9.90 Å². The average Bonchev–Trinajstić information content (AvgIpc) is 2.95. The van der Waals surface area contributed by atoms with Gasteiger partial charge in [0, 0.05) is 37.0 Å². The second-order valence-corrected chi connectivity index (χ2v) is 6.81. The van der Waals surface area contributed by atoms with Crippen LogP contribution < -0.4 is 5.56 Å². The lowest BCUT2D eigenvalue weighted by Gasteiger charge is -2.35. The lowest BCUT2D eigenvalue weighted by molar-refractivity contribution is 0.0381. The minimum absolute atomic E-state index is 0.0761. The molecule has 0 bridgehead atoms. The summed E-state index contributed by atoms with van der Waals surface area (Å²) >= 11 is 1.66. The molecule has 2 aromatic heterocycles. The SMILES string of the molecule is Cc1ccsc1[C@@H]1CCN(C(=O)c2ccc(=O)n(C)n2)C[C@H]1O. The van der Waals surface area contributed by atoms with E-state index in [4.69, 9.17) is 0 Å². The molecule has 23 heavy (non-hydrogen) atoms. The largest absolute Gasteiger partial charge is 0.391 e. The second-order valence-electron chi connectivity index (χ2n) is 5.86. The Morgan fingerprint density at radius 2 is 2.17 bits per heavy atom. The molecule has 0 unspecified atom stereocenters. The van der Waals surface area contributed by atoms with Crippen LogP contribution in [0, 0.1) is 6.92 Å². The van der Waals surface area contributed by atoms with Crippen molar-refractivity contribution in [2.75, 3.05) is 13.1 Å². The second kappa shape index (κ2) is 6.25. The smallest absolute Gasteiger partial charge is 0.274 e. The maximum Gasteiger partial charge on any atom is 0.274 e. The molecular formula is C16H19N3O3S. The molecule has 1 aliphatic rings. The summed E-state index contributed by atoms with van der Waals surface area (Å²) in [6.07, 6.45) is 0.137. The molecule has 1 amide bonds. The van der Waals surface area contributed by atoms with Crippen LogP contribution in [-0.4, -0.2) is 44.9 Å². The standard InChI is InChI=1S/C16H19N3O3S/c1-10-6-8-23-15(10)11-5-7-19(9-13(11)20)16(22)12-3-4-14(21)18(2)17-12/h3-4,6,8,11,13,20H,5,7,9H2,1-2H3/t11-,13-/m1/s1. The summed E-state index contributed by atoms with van der Waals surface area (Å²) < 4.78 is 1.14. The Bertz CT molecular complexity index is 783. The van der Waals surface area contributed by atoms with Crippen LogP contribution in [-0.2, 0) is 7.05 Å². The van der Waals surface area contributed by atoms with Crippen LogP contribution in [0.4, 0.5) is 0 Å². The summed E-state index contributed by atoms with van der Waals surface area (Å²) in [4.78, 5) is 26.7. The molecule has 1 aliphatic heterocycles. The zero-order chi connectivity index (χ0) is 16.6. The number of carbonyl (C=O) groups excluding carboxylic acids is 1. The van der Waals surface area contributed by atoms with Gasteiger partial charge in [-0.3, -0.25) is 9.59 Å². The maximum atomic E-state index is 12.5. The molecule has 3 rings (SSSR count). The van der Waals surface area contributed by atoms with Crippen molar-refractivity contribution >= 4 is 17.2 Å². The Hall–Kier alpha value is -1.99. The van der Waals surface area contributed by atoms with Crippen LogP contribution in [0.5, 0.6) is 0 Å². The quantitative estimate of drug-likeness (QED) is 0.894. The van der Waals surface area contributed by atoms with Crippen LogP contribution in [0.1, 0.15) is 33.3 Å². The van der Waals surface area contributed by atoms with E-state index >= 15 is 0 Å². The summed E-state index contributed by atoms with van der Waals surface area (Å²) in [5.41, 5.74) is 1.16. The minimum Gasteiger partial charge on any atom is -0.391 e. The third kappa shape index (κ3) is 3.07. The monoisotopic (exact) mass is 333 g/mol. The van der Waals surface area contributed by atoms with Gasteiger partial charge in [-0.15, -0.1) is 11.3 Å². The molecule has 0 spiro atoms. The van der Waals surface area contributed by atoms with Gasteiger partial charge in [-0.1, -0.05) is 0 Å². The number of β-amino-alcohol motifs (C(OH)–C–C–N with tert-alkyl or cyclic N) is 1. The predicted molar refractivity (Wildman–Crippen MR) is 87.8 cm³/mol. The molecule has 0 saturated carbocycles. The Morgan fingerprint density at radius 3 is 2.78 bits per heavy atom. The number of likely N-dealkylation sites (tertiary alicyclic amines) is 1. The average molecular weight is 333 g/mol. The van der Waals surface area contributed by atoms with Gasteiger partial charge in [0.15, 0.2) is 0 Å². The number of hydrogen-bond donors (Lipinski definition) is 1. The van der Waals surface area contributed by atoms with E-state index in [1.165, 1.54) is 29.6 Å². The highest BCUT2D eigenvalue weighted by Crippen LogP contribution is 2.34. The highest BCUT2D eigenvalue weighted by Gasteiger charge is 2.33. The number of rotatable bonds is 2. The van der Waals surface area contributed by atoms with Gasteiger partial charge >= 0.3 is 0 Å². The summed E-state index contributed by atoms with van der Waals surface area (Å²) in [7, 11) is 1.51. The number of piperidine rings is 1. The summed E-state index contributed by atoms with van der Waals surface area (Å²) in [6, 6.07) is 4.82. The van der Waals surface area contributed by atoms with E-state index in [0.29, 0.717) is 6.54 Å². The van der Waals surface area contributed by atoms with Crippen molar-refractivity contribution in [2.45, 2.75) is 25.4 Å². The fourth-order valence-electron chi connectivity index (χ4n) is 2.96. The van der Waals surface area contributed by atoms with Crippen molar-refractivity contribution in [1.29, 1.82) is 0 Å². The Labute approximate surface area is 138 Å². The molecule has 1 N–H and O–H groups in total. The number of aliphatic hydroxyl groups excluding tert-OH is 1. The van der Waals surface area contributed by atoms with Crippen LogP contribution >= 0.6 is 11.3 Å². The van der Waals surface area contributed by atoms with Gasteiger partial charge in [-0.2, -0.15) is 5.10 Å². The molecule has 0 aliphatic carbocycles. The lowest BCUT2D eigenvalue weighted by Crippen LogP contribution is -2.46. The van der Waals surface area contributed by atoms with Gasteiger partial charge in [0.2, 0.25) is 0 Å².